The lowest BCUT2D eigenvalue weighted by atomic mass is 9.76. The molecule has 0 saturated carbocycles. The minimum atomic E-state index is -1.31. The van der Waals surface area contributed by atoms with Crippen LogP contribution < -0.4 is 5.32 Å². The molecule has 0 heterocycles. The fourth-order valence-corrected chi connectivity index (χ4v) is 2.64. The number of ketones is 1. The highest BCUT2D eigenvalue weighted by Crippen LogP contribution is 2.36. The first-order valence-electron chi connectivity index (χ1n) is 8.41. The number of alkyl carbamates (subject to hydrolysis) is 1. The number of carbonyl (C=O) groups is 3. The number of hydrogen-bond donors (Lipinski definition) is 3. The van der Waals surface area contributed by atoms with Crippen LogP contribution in [0.2, 0.25) is 0 Å². The molecule has 1 aliphatic rings. The first-order chi connectivity index (χ1) is 11.7. The number of nitrogens with zero attached hydrogens (tertiary/aromatic N) is 1. The Hall–Kier alpha value is -2.38. The molecule has 0 radical (unpaired) electrons. The predicted molar refractivity (Wildman–Crippen MR) is 96.4 cm³/mol. The molecule has 8 nitrogen and oxygen atoms in total. The molecule has 1 amide bonds. The van der Waals surface area contributed by atoms with Crippen molar-refractivity contribution in [2.24, 2.45) is 10.4 Å². The van der Waals surface area contributed by atoms with Gasteiger partial charge in [-0.3, -0.25) is 9.79 Å². The second kappa shape index (κ2) is 7.88. The number of carboxylic acid groups (broad SMARTS) is 1. The third-order valence-electron chi connectivity index (χ3n) is 3.71. The number of nitrogens with one attached hydrogen (secondary N) is 1. The van der Waals surface area contributed by atoms with Crippen LogP contribution in [0.3, 0.4) is 0 Å². The van der Waals surface area contributed by atoms with Crippen molar-refractivity contribution in [2.45, 2.75) is 66.0 Å². The normalized spacial score (nSPS) is 19.2. The third-order valence-corrected chi connectivity index (χ3v) is 3.71. The molecule has 0 bridgehead atoms. The number of aliphatic hydroxyl groups is 1. The zero-order valence-electron chi connectivity index (χ0n) is 16.2. The molecule has 0 saturated heterocycles. The summed E-state index contributed by atoms with van der Waals surface area (Å²) in [6.45, 7) is 10.0. The lowest BCUT2D eigenvalue weighted by molar-refractivity contribution is -0.139. The molecule has 0 aromatic rings. The molecule has 1 aliphatic carbocycles. The van der Waals surface area contributed by atoms with E-state index in [4.69, 9.17) is 4.74 Å². The Morgan fingerprint density at radius 2 is 1.88 bits per heavy atom. The van der Waals surface area contributed by atoms with Gasteiger partial charge in [0.25, 0.3) is 0 Å². The Bertz CT molecular complexity index is 655. The van der Waals surface area contributed by atoms with Crippen LogP contribution in [0.5, 0.6) is 0 Å². The summed E-state index contributed by atoms with van der Waals surface area (Å²) < 4.78 is 5.03. The summed E-state index contributed by atoms with van der Waals surface area (Å²) in [7, 11) is 0. The maximum Gasteiger partial charge on any atom is 0.408 e. The standard InChI is InChI=1S/C18H28N2O6/c1-10(14-12(21)7-18(5,6)8-13(14)22)19-9-11(15(23)24)20-16(25)26-17(2,3)4/h11,21H,7-9H2,1-6H3,(H,20,25)(H,23,24)/t11-/m1/s1. The number of allylic oxidation sites excluding steroid dienone is 2. The van der Waals surface area contributed by atoms with Gasteiger partial charge in [-0.15, -0.1) is 0 Å². The van der Waals surface area contributed by atoms with Gasteiger partial charge in [0, 0.05) is 18.6 Å². The Kier molecular flexibility index (Phi) is 6.57. The Labute approximate surface area is 153 Å². The SMILES string of the molecule is CC(=NC[C@@H](NC(=O)OC(C)(C)C)C(=O)O)C1=C(O)CC(C)(C)CC1=O. The fraction of sp³-hybridized carbons (Fsp3) is 0.667. The van der Waals surface area contributed by atoms with E-state index < -0.39 is 23.7 Å². The fourth-order valence-electron chi connectivity index (χ4n) is 2.64. The minimum Gasteiger partial charge on any atom is -0.511 e. The topological polar surface area (TPSA) is 125 Å². The third kappa shape index (κ3) is 6.50. The van der Waals surface area contributed by atoms with Gasteiger partial charge in [0.05, 0.1) is 12.1 Å². The summed E-state index contributed by atoms with van der Waals surface area (Å²) in [5, 5.41) is 21.6. The molecule has 26 heavy (non-hydrogen) atoms. The number of carbonyl (C=O) groups excluding carboxylic acids is 2. The number of aliphatic hydroxyl groups excluding tert-OH is 1. The highest BCUT2D eigenvalue weighted by Gasteiger charge is 2.34. The summed E-state index contributed by atoms with van der Waals surface area (Å²) in [6.07, 6.45) is -0.243. The molecule has 0 aromatic carbocycles. The van der Waals surface area contributed by atoms with Crippen molar-refractivity contribution in [2.75, 3.05) is 6.54 Å². The van der Waals surface area contributed by atoms with Gasteiger partial charge in [-0.05, 0) is 33.1 Å². The van der Waals surface area contributed by atoms with Gasteiger partial charge in [0.15, 0.2) is 5.78 Å². The Balaban J connectivity index is 2.89. The first kappa shape index (κ1) is 21.7. The summed E-state index contributed by atoms with van der Waals surface area (Å²) in [5.41, 5.74) is -0.706. The van der Waals surface area contributed by atoms with Gasteiger partial charge in [-0.25, -0.2) is 9.59 Å². The van der Waals surface area contributed by atoms with Crippen molar-refractivity contribution in [3.8, 4) is 0 Å². The molecule has 3 N–H and O–H groups in total. The second-order valence-electron chi connectivity index (χ2n) is 8.23. The van der Waals surface area contributed by atoms with Crippen molar-refractivity contribution < 1.29 is 29.3 Å². The highest BCUT2D eigenvalue weighted by atomic mass is 16.6. The zero-order chi connectivity index (χ0) is 20.3. The van der Waals surface area contributed by atoms with Crippen LogP contribution in [0.4, 0.5) is 4.79 Å². The first-order valence-corrected chi connectivity index (χ1v) is 8.41. The predicted octanol–water partition coefficient (Wildman–Crippen LogP) is 2.63. The maximum atomic E-state index is 12.3. The second-order valence-corrected chi connectivity index (χ2v) is 8.23. The average molecular weight is 368 g/mol. The molecule has 1 atom stereocenters. The van der Waals surface area contributed by atoms with Crippen molar-refractivity contribution in [3.05, 3.63) is 11.3 Å². The van der Waals surface area contributed by atoms with Gasteiger partial charge < -0.3 is 20.3 Å². The summed E-state index contributed by atoms with van der Waals surface area (Å²) >= 11 is 0. The van der Waals surface area contributed by atoms with Crippen molar-refractivity contribution in [1.82, 2.24) is 5.32 Å². The van der Waals surface area contributed by atoms with Crippen molar-refractivity contribution in [3.63, 3.8) is 0 Å². The van der Waals surface area contributed by atoms with Crippen molar-refractivity contribution in [1.29, 1.82) is 0 Å². The monoisotopic (exact) mass is 368 g/mol. The number of amides is 1. The van der Waals surface area contributed by atoms with Crippen LogP contribution in [-0.2, 0) is 14.3 Å². The van der Waals surface area contributed by atoms with Crippen molar-refractivity contribution >= 4 is 23.6 Å². The quantitative estimate of drug-likeness (QED) is 0.641. The van der Waals surface area contributed by atoms with E-state index in [0.29, 0.717) is 6.42 Å². The van der Waals surface area contributed by atoms with Gasteiger partial charge in [0.1, 0.15) is 17.4 Å². The summed E-state index contributed by atoms with van der Waals surface area (Å²) in [5.74, 6) is -1.55. The van der Waals surface area contributed by atoms with E-state index in [-0.39, 0.29) is 41.2 Å². The molecule has 0 spiro atoms. The lowest BCUT2D eigenvalue weighted by Crippen LogP contribution is -2.45. The molecule has 8 heteroatoms. The van der Waals surface area contributed by atoms with Crippen LogP contribution >= 0.6 is 0 Å². The van der Waals surface area contributed by atoms with Gasteiger partial charge in [-0.2, -0.15) is 0 Å². The number of aliphatic imine (C=N–C) groups is 1. The zero-order valence-corrected chi connectivity index (χ0v) is 16.2. The molecule has 0 aliphatic heterocycles. The minimum absolute atomic E-state index is 0.0422. The number of aliphatic carboxylic acids is 1. The van der Waals surface area contributed by atoms with Gasteiger partial charge in [-0.1, -0.05) is 13.8 Å². The maximum absolute atomic E-state index is 12.3. The number of carboxylic acids is 1. The largest absolute Gasteiger partial charge is 0.511 e. The van der Waals surface area contributed by atoms with Crippen LogP contribution in [0.15, 0.2) is 16.3 Å². The smallest absolute Gasteiger partial charge is 0.408 e. The average Bonchev–Trinajstić information content (AvgIpc) is 2.38. The molecule has 0 unspecified atom stereocenters. The molecule has 0 aromatic heterocycles. The van der Waals surface area contributed by atoms with Crippen LogP contribution in [0.25, 0.3) is 0 Å². The van der Waals surface area contributed by atoms with E-state index in [2.05, 4.69) is 10.3 Å². The van der Waals surface area contributed by atoms with E-state index >= 15 is 0 Å². The van der Waals surface area contributed by atoms with E-state index in [1.165, 1.54) is 6.92 Å². The summed E-state index contributed by atoms with van der Waals surface area (Å²) in [6, 6.07) is -1.31. The molecular formula is C18H28N2O6. The van der Waals surface area contributed by atoms with E-state index in [0.717, 1.165) is 0 Å². The number of rotatable bonds is 5. The number of ether oxygens (including phenoxy) is 1. The Morgan fingerprint density at radius 3 is 2.35 bits per heavy atom. The van der Waals surface area contributed by atoms with Gasteiger partial charge >= 0.3 is 12.1 Å². The van der Waals surface area contributed by atoms with Crippen LogP contribution in [-0.4, -0.2) is 52.0 Å². The molecule has 146 valence electrons. The van der Waals surface area contributed by atoms with E-state index in [1.54, 1.807) is 20.8 Å². The highest BCUT2D eigenvalue weighted by molar-refractivity contribution is 6.22. The van der Waals surface area contributed by atoms with Crippen LogP contribution in [0, 0.1) is 5.41 Å². The van der Waals surface area contributed by atoms with E-state index in [9.17, 15) is 24.6 Å². The molecule has 0 fully saturated rings. The molecular weight excluding hydrogens is 340 g/mol. The van der Waals surface area contributed by atoms with Gasteiger partial charge in [0.2, 0.25) is 0 Å². The number of Topliss-reactive ketones (excluding diaryl/α,β-unsaturated/α-hetero) is 1. The van der Waals surface area contributed by atoms with E-state index in [1.807, 2.05) is 13.8 Å². The lowest BCUT2D eigenvalue weighted by Gasteiger charge is -2.29. The Morgan fingerprint density at radius 1 is 1.31 bits per heavy atom. The summed E-state index contributed by atoms with van der Waals surface area (Å²) in [4.78, 5) is 39.4. The van der Waals surface area contributed by atoms with Crippen LogP contribution in [0.1, 0.15) is 54.4 Å². The number of hydrogen-bond acceptors (Lipinski definition) is 6. The molecule has 1 rings (SSSR count).